The maximum atomic E-state index is 12.7. The number of anilines is 2. The molecule has 0 bridgehead atoms. The predicted molar refractivity (Wildman–Crippen MR) is 130 cm³/mol. The van der Waals surface area contributed by atoms with E-state index in [2.05, 4.69) is 17.8 Å². The van der Waals surface area contributed by atoms with Crippen molar-refractivity contribution < 1.29 is 14.3 Å². The summed E-state index contributed by atoms with van der Waals surface area (Å²) in [5.74, 6) is -0.0461. The number of carbonyl (C=O) groups excluding carboxylic acids is 2. The van der Waals surface area contributed by atoms with E-state index in [0.717, 1.165) is 17.7 Å². The zero-order chi connectivity index (χ0) is 23.2. The number of nitrogens with zero attached hydrogens (tertiary/aromatic N) is 1. The number of aryl methyl sites for hydroxylation is 1. The van der Waals surface area contributed by atoms with Crippen LogP contribution in [0.1, 0.15) is 24.5 Å². The lowest BCUT2D eigenvalue weighted by molar-refractivity contribution is -0.125. The lowest BCUT2D eigenvalue weighted by atomic mass is 10.1. The van der Waals surface area contributed by atoms with Crippen LogP contribution in [-0.4, -0.2) is 18.4 Å². The Morgan fingerprint density at radius 2 is 1.88 bits per heavy atom. The van der Waals surface area contributed by atoms with Gasteiger partial charge >= 0.3 is 0 Å². The van der Waals surface area contributed by atoms with Gasteiger partial charge in [0.2, 0.25) is 11.8 Å². The van der Waals surface area contributed by atoms with Crippen molar-refractivity contribution in [2.24, 2.45) is 5.92 Å². The second-order valence-corrected chi connectivity index (χ2v) is 8.35. The van der Waals surface area contributed by atoms with Gasteiger partial charge in [-0.15, -0.1) is 0 Å². The molecule has 7 heteroatoms. The molecular formula is C26H26ClN3O3. The van der Waals surface area contributed by atoms with Crippen LogP contribution in [-0.2, 0) is 22.6 Å². The van der Waals surface area contributed by atoms with E-state index in [9.17, 15) is 9.59 Å². The molecule has 0 aliphatic carbocycles. The number of hydrazine groups is 1. The summed E-state index contributed by atoms with van der Waals surface area (Å²) in [4.78, 5) is 26.8. The fraction of sp³-hybridized carbons (Fsp3) is 0.231. The highest BCUT2D eigenvalue weighted by Gasteiger charge is 2.35. The number of amides is 2. The molecule has 33 heavy (non-hydrogen) atoms. The molecule has 2 amide bonds. The van der Waals surface area contributed by atoms with Gasteiger partial charge in [0.05, 0.1) is 11.6 Å². The highest BCUT2D eigenvalue weighted by Crippen LogP contribution is 2.26. The van der Waals surface area contributed by atoms with Crippen molar-refractivity contribution in [3.63, 3.8) is 0 Å². The van der Waals surface area contributed by atoms with Crippen molar-refractivity contribution >= 4 is 34.8 Å². The van der Waals surface area contributed by atoms with Gasteiger partial charge in [-0.3, -0.25) is 20.4 Å². The van der Waals surface area contributed by atoms with E-state index in [4.69, 9.17) is 16.3 Å². The summed E-state index contributed by atoms with van der Waals surface area (Å²) < 4.78 is 5.83. The molecule has 3 aromatic carbocycles. The molecule has 0 spiro atoms. The normalized spacial score (nSPS) is 15.4. The molecule has 1 atom stereocenters. The molecule has 3 aromatic rings. The molecule has 1 heterocycles. The van der Waals surface area contributed by atoms with Gasteiger partial charge < -0.3 is 9.64 Å². The van der Waals surface area contributed by atoms with E-state index in [-0.39, 0.29) is 18.2 Å². The van der Waals surface area contributed by atoms with E-state index >= 15 is 0 Å². The number of rotatable bonds is 8. The summed E-state index contributed by atoms with van der Waals surface area (Å²) in [7, 11) is 0. The SMILES string of the molecule is CCc1ccc(N2C[C@@H](C(=O)NNc3cccc(OCc4ccccc4Cl)c3)CC2=O)cc1. The molecule has 2 N–H and O–H groups in total. The van der Waals surface area contributed by atoms with Gasteiger partial charge in [-0.05, 0) is 42.3 Å². The summed E-state index contributed by atoms with van der Waals surface area (Å²) in [6, 6.07) is 22.7. The fourth-order valence-corrected chi connectivity index (χ4v) is 3.91. The average molecular weight is 464 g/mol. The van der Waals surface area contributed by atoms with Crippen LogP contribution < -0.4 is 20.5 Å². The highest BCUT2D eigenvalue weighted by atomic mass is 35.5. The van der Waals surface area contributed by atoms with E-state index in [1.807, 2.05) is 66.7 Å². The molecule has 1 fully saturated rings. The quantitative estimate of drug-likeness (QED) is 0.462. The number of carbonyl (C=O) groups is 2. The Morgan fingerprint density at radius 3 is 2.64 bits per heavy atom. The third-order valence-corrected chi connectivity index (χ3v) is 6.04. The lowest BCUT2D eigenvalue weighted by Crippen LogP contribution is -2.36. The zero-order valence-electron chi connectivity index (χ0n) is 18.4. The average Bonchev–Trinajstić information content (AvgIpc) is 3.24. The molecule has 0 saturated carbocycles. The largest absolute Gasteiger partial charge is 0.489 e. The van der Waals surface area contributed by atoms with Crippen LogP contribution in [0.15, 0.2) is 72.8 Å². The van der Waals surface area contributed by atoms with Gasteiger partial charge in [0, 0.05) is 35.3 Å². The first-order valence-corrected chi connectivity index (χ1v) is 11.3. The lowest BCUT2D eigenvalue weighted by Gasteiger charge is -2.17. The first-order valence-electron chi connectivity index (χ1n) is 10.9. The molecule has 0 unspecified atom stereocenters. The third kappa shape index (κ3) is 5.65. The number of hydrogen-bond acceptors (Lipinski definition) is 4. The Labute approximate surface area is 198 Å². The summed E-state index contributed by atoms with van der Waals surface area (Å²) in [5.41, 5.74) is 9.24. The van der Waals surface area contributed by atoms with E-state index in [1.165, 1.54) is 5.56 Å². The van der Waals surface area contributed by atoms with E-state index in [0.29, 0.717) is 29.6 Å². The second-order valence-electron chi connectivity index (χ2n) is 7.95. The highest BCUT2D eigenvalue weighted by molar-refractivity contribution is 6.31. The van der Waals surface area contributed by atoms with Gasteiger partial charge in [-0.2, -0.15) is 0 Å². The first kappa shape index (κ1) is 22.7. The Bertz CT molecular complexity index is 1130. The molecule has 1 aliphatic heterocycles. The van der Waals surface area contributed by atoms with Crippen LogP contribution in [0.5, 0.6) is 5.75 Å². The summed E-state index contributed by atoms with van der Waals surface area (Å²) in [6.45, 7) is 2.79. The van der Waals surface area contributed by atoms with Crippen LogP contribution in [0.2, 0.25) is 5.02 Å². The van der Waals surface area contributed by atoms with Crippen LogP contribution in [0.4, 0.5) is 11.4 Å². The zero-order valence-corrected chi connectivity index (χ0v) is 19.1. The number of benzene rings is 3. The Kier molecular flexibility index (Phi) is 7.15. The summed E-state index contributed by atoms with van der Waals surface area (Å²) >= 11 is 6.17. The Hall–Kier alpha value is -3.51. The maximum absolute atomic E-state index is 12.7. The van der Waals surface area contributed by atoms with Crippen molar-refractivity contribution in [3.8, 4) is 5.75 Å². The van der Waals surface area contributed by atoms with Crippen molar-refractivity contribution in [2.75, 3.05) is 16.9 Å². The van der Waals surface area contributed by atoms with Crippen molar-refractivity contribution in [1.82, 2.24) is 5.43 Å². The number of hydrogen-bond donors (Lipinski definition) is 2. The van der Waals surface area contributed by atoms with Crippen molar-refractivity contribution in [3.05, 3.63) is 88.9 Å². The molecule has 0 radical (unpaired) electrons. The van der Waals surface area contributed by atoms with E-state index in [1.54, 1.807) is 11.0 Å². The van der Waals surface area contributed by atoms with Crippen LogP contribution in [0.25, 0.3) is 0 Å². The topological polar surface area (TPSA) is 70.7 Å². The van der Waals surface area contributed by atoms with E-state index < -0.39 is 5.92 Å². The predicted octanol–water partition coefficient (Wildman–Crippen LogP) is 4.98. The summed E-state index contributed by atoms with van der Waals surface area (Å²) in [6.07, 6.45) is 1.13. The summed E-state index contributed by atoms with van der Waals surface area (Å²) in [5, 5.41) is 0.653. The Balaban J connectivity index is 1.31. The van der Waals surface area contributed by atoms with Gasteiger partial charge in [-0.1, -0.05) is 54.9 Å². The second kappa shape index (κ2) is 10.4. The minimum Gasteiger partial charge on any atom is -0.489 e. The minimum atomic E-state index is -0.421. The molecule has 0 aromatic heterocycles. The van der Waals surface area contributed by atoms with Crippen molar-refractivity contribution in [1.29, 1.82) is 0 Å². The number of halogens is 1. The maximum Gasteiger partial charge on any atom is 0.243 e. The number of nitrogens with one attached hydrogen (secondary N) is 2. The van der Waals surface area contributed by atoms with Gasteiger partial charge in [0.25, 0.3) is 0 Å². The van der Waals surface area contributed by atoms with Crippen LogP contribution in [0, 0.1) is 5.92 Å². The minimum absolute atomic E-state index is 0.0469. The third-order valence-electron chi connectivity index (χ3n) is 5.67. The smallest absolute Gasteiger partial charge is 0.243 e. The molecule has 1 aliphatic rings. The van der Waals surface area contributed by atoms with Crippen LogP contribution >= 0.6 is 11.6 Å². The molecular weight excluding hydrogens is 438 g/mol. The monoisotopic (exact) mass is 463 g/mol. The molecule has 170 valence electrons. The standard InChI is InChI=1S/C26H26ClN3O3/c1-2-18-10-12-22(13-11-18)30-16-20(14-25(30)31)26(32)29-28-21-7-5-8-23(15-21)33-17-19-6-3-4-9-24(19)27/h3-13,15,20,28H,2,14,16-17H2,1H3,(H,29,32)/t20-/m0/s1. The Morgan fingerprint density at radius 1 is 1.09 bits per heavy atom. The molecule has 4 rings (SSSR count). The first-order chi connectivity index (χ1) is 16.0. The number of ether oxygens (including phenoxy) is 1. The van der Waals surface area contributed by atoms with Gasteiger partial charge in [0.1, 0.15) is 12.4 Å². The molecule has 1 saturated heterocycles. The fourth-order valence-electron chi connectivity index (χ4n) is 3.72. The van der Waals surface area contributed by atoms with Gasteiger partial charge in [-0.25, -0.2) is 0 Å². The van der Waals surface area contributed by atoms with Gasteiger partial charge in [0.15, 0.2) is 0 Å². The van der Waals surface area contributed by atoms with Crippen LogP contribution in [0.3, 0.4) is 0 Å². The van der Waals surface area contributed by atoms with Crippen molar-refractivity contribution in [2.45, 2.75) is 26.4 Å². The molecule has 6 nitrogen and oxygen atoms in total.